The average molecular weight is 304 g/mol. The van der Waals surface area contributed by atoms with Crippen molar-refractivity contribution >= 4 is 23.5 Å². The minimum atomic E-state index is -1.38. The molecule has 20 heavy (non-hydrogen) atoms. The van der Waals surface area contributed by atoms with Crippen molar-refractivity contribution in [2.45, 2.75) is 51.8 Å². The van der Waals surface area contributed by atoms with Gasteiger partial charge in [-0.25, -0.2) is 4.79 Å². The Kier molecular flexibility index (Phi) is 7.40. The number of unbranched alkanes of at least 4 members (excludes halogenated alkanes) is 5. The molecular formula is C13H22ClN3O3. The molecule has 0 saturated heterocycles. The quantitative estimate of drug-likeness (QED) is 0.628. The van der Waals surface area contributed by atoms with Crippen LogP contribution < -0.4 is 10.6 Å². The van der Waals surface area contributed by atoms with Gasteiger partial charge in [0.1, 0.15) is 5.03 Å². The summed E-state index contributed by atoms with van der Waals surface area (Å²) in [4.78, 5) is 23.9. The van der Waals surface area contributed by atoms with Gasteiger partial charge in [0.05, 0.1) is 0 Å². The molecule has 1 unspecified atom stereocenters. The van der Waals surface area contributed by atoms with E-state index in [2.05, 4.69) is 17.6 Å². The molecule has 0 fully saturated rings. The lowest BCUT2D eigenvalue weighted by molar-refractivity contribution is -0.123. The number of carbonyl (C=O) groups excluding carboxylic acids is 2. The first kappa shape index (κ1) is 16.8. The fourth-order valence-corrected chi connectivity index (χ4v) is 2.03. The molecule has 6 nitrogen and oxygen atoms in total. The minimum absolute atomic E-state index is 0.134. The number of nitrogens with zero attached hydrogens (tertiary/aromatic N) is 1. The number of nitrogens with one attached hydrogen (secondary N) is 2. The van der Waals surface area contributed by atoms with Gasteiger partial charge < -0.3 is 15.7 Å². The Morgan fingerprint density at radius 3 is 2.75 bits per heavy atom. The molecule has 3 amide bonds. The van der Waals surface area contributed by atoms with Gasteiger partial charge in [-0.15, -0.1) is 0 Å². The number of aliphatic hydroxyl groups is 1. The van der Waals surface area contributed by atoms with Crippen molar-refractivity contribution in [1.29, 1.82) is 0 Å². The fraction of sp³-hybridized carbons (Fsp3) is 0.692. The normalized spacial score (nSPS) is 18.6. The highest BCUT2D eigenvalue weighted by Gasteiger charge is 2.28. The van der Waals surface area contributed by atoms with Gasteiger partial charge >= 0.3 is 6.03 Å². The number of hydrogen-bond acceptors (Lipinski definition) is 3. The monoisotopic (exact) mass is 303 g/mol. The van der Waals surface area contributed by atoms with Gasteiger partial charge in [0.15, 0.2) is 0 Å². The van der Waals surface area contributed by atoms with Gasteiger partial charge in [0.2, 0.25) is 6.35 Å². The zero-order chi connectivity index (χ0) is 15.0. The second kappa shape index (κ2) is 8.81. The molecule has 0 saturated carbocycles. The molecule has 0 radical (unpaired) electrons. The van der Waals surface area contributed by atoms with Crippen LogP contribution in [-0.2, 0) is 4.79 Å². The van der Waals surface area contributed by atoms with Gasteiger partial charge in [-0.05, 0) is 6.42 Å². The lowest BCUT2D eigenvalue weighted by atomic mass is 10.1. The SMILES string of the molecule is CCCCCCCCNC(=O)N1C=C(Cl)C(=O)NC1O. The smallest absolute Gasteiger partial charge is 0.325 e. The number of hydrogen-bond donors (Lipinski definition) is 3. The van der Waals surface area contributed by atoms with Crippen molar-refractivity contribution in [3.05, 3.63) is 11.2 Å². The average Bonchev–Trinajstić information content (AvgIpc) is 2.41. The predicted octanol–water partition coefficient (Wildman–Crippen LogP) is 1.84. The summed E-state index contributed by atoms with van der Waals surface area (Å²) in [5.74, 6) is -0.598. The van der Waals surface area contributed by atoms with Crippen LogP contribution in [0.5, 0.6) is 0 Å². The Hall–Kier alpha value is -1.27. The van der Waals surface area contributed by atoms with E-state index in [1.165, 1.54) is 19.3 Å². The zero-order valence-electron chi connectivity index (χ0n) is 11.7. The molecule has 1 atom stereocenters. The summed E-state index contributed by atoms with van der Waals surface area (Å²) in [5, 5.41) is 14.3. The number of rotatable bonds is 7. The van der Waals surface area contributed by atoms with Gasteiger partial charge in [0, 0.05) is 12.7 Å². The van der Waals surface area contributed by atoms with E-state index in [9.17, 15) is 14.7 Å². The topological polar surface area (TPSA) is 81.7 Å². The van der Waals surface area contributed by atoms with E-state index in [1.807, 2.05) is 0 Å². The standard InChI is InChI=1S/C13H22ClN3O3/c1-2-3-4-5-6-7-8-15-12(19)17-9-10(14)11(18)16-13(17)20/h9,13,20H,2-8H2,1H3,(H,15,19)(H,16,18). The van der Waals surface area contributed by atoms with E-state index >= 15 is 0 Å². The lowest BCUT2D eigenvalue weighted by Crippen LogP contribution is -2.54. The van der Waals surface area contributed by atoms with Crippen LogP contribution >= 0.6 is 11.6 Å². The van der Waals surface area contributed by atoms with Gasteiger partial charge in [-0.2, -0.15) is 0 Å². The van der Waals surface area contributed by atoms with Gasteiger partial charge in [0.25, 0.3) is 5.91 Å². The van der Waals surface area contributed by atoms with Crippen LogP contribution in [0, 0.1) is 0 Å². The van der Waals surface area contributed by atoms with E-state index in [0.717, 1.165) is 30.4 Å². The first-order valence-electron chi connectivity index (χ1n) is 6.98. The Balaban J connectivity index is 2.24. The van der Waals surface area contributed by atoms with E-state index in [0.29, 0.717) is 6.54 Å². The second-order valence-corrected chi connectivity index (χ2v) is 5.14. The summed E-state index contributed by atoms with van der Waals surface area (Å²) < 4.78 is 0. The van der Waals surface area contributed by atoms with Crippen molar-refractivity contribution in [3.63, 3.8) is 0 Å². The lowest BCUT2D eigenvalue weighted by Gasteiger charge is -2.28. The van der Waals surface area contributed by atoms with Crippen LogP contribution in [0.25, 0.3) is 0 Å². The second-order valence-electron chi connectivity index (χ2n) is 4.73. The molecule has 1 heterocycles. The number of amides is 3. The number of aliphatic hydroxyl groups excluding tert-OH is 1. The maximum atomic E-state index is 11.8. The van der Waals surface area contributed by atoms with E-state index in [4.69, 9.17) is 11.6 Å². The zero-order valence-corrected chi connectivity index (χ0v) is 12.4. The van der Waals surface area contributed by atoms with Crippen molar-refractivity contribution in [3.8, 4) is 0 Å². The molecule has 0 bridgehead atoms. The van der Waals surface area contributed by atoms with Crippen LogP contribution in [0.1, 0.15) is 45.4 Å². The van der Waals surface area contributed by atoms with Crippen molar-refractivity contribution < 1.29 is 14.7 Å². The molecule has 0 aromatic rings. The number of carbonyl (C=O) groups is 2. The van der Waals surface area contributed by atoms with Crippen LogP contribution in [0.3, 0.4) is 0 Å². The first-order valence-corrected chi connectivity index (χ1v) is 7.36. The van der Waals surface area contributed by atoms with Crippen LogP contribution in [0.15, 0.2) is 11.2 Å². The van der Waals surface area contributed by atoms with Crippen LogP contribution in [0.4, 0.5) is 4.79 Å². The predicted molar refractivity (Wildman–Crippen MR) is 76.7 cm³/mol. The highest BCUT2D eigenvalue weighted by Crippen LogP contribution is 2.12. The molecule has 7 heteroatoms. The molecule has 0 aromatic carbocycles. The molecule has 1 aliphatic heterocycles. The summed E-state index contributed by atoms with van der Waals surface area (Å²) in [6, 6.07) is -0.482. The maximum absolute atomic E-state index is 11.8. The molecule has 1 aliphatic rings. The molecule has 1 rings (SSSR count). The largest absolute Gasteiger partial charge is 0.356 e. The Labute approximate surface area is 124 Å². The molecule has 0 aliphatic carbocycles. The molecule has 3 N–H and O–H groups in total. The summed E-state index contributed by atoms with van der Waals surface area (Å²) in [7, 11) is 0. The summed E-state index contributed by atoms with van der Waals surface area (Å²) >= 11 is 5.62. The Bertz CT molecular complexity index is 374. The summed E-state index contributed by atoms with van der Waals surface area (Å²) in [6.07, 6.45) is 6.55. The van der Waals surface area contributed by atoms with Gasteiger partial charge in [-0.1, -0.05) is 50.6 Å². The highest BCUT2D eigenvalue weighted by molar-refractivity contribution is 6.42. The third kappa shape index (κ3) is 5.38. The minimum Gasteiger partial charge on any atom is -0.356 e. The first-order chi connectivity index (χ1) is 9.56. The third-order valence-corrected chi connectivity index (χ3v) is 3.30. The van der Waals surface area contributed by atoms with Crippen LogP contribution in [0.2, 0.25) is 0 Å². The van der Waals surface area contributed by atoms with E-state index < -0.39 is 18.3 Å². The highest BCUT2D eigenvalue weighted by atomic mass is 35.5. The molecule has 114 valence electrons. The fourth-order valence-electron chi connectivity index (χ4n) is 1.87. The van der Waals surface area contributed by atoms with Crippen molar-refractivity contribution in [2.24, 2.45) is 0 Å². The van der Waals surface area contributed by atoms with E-state index in [1.54, 1.807) is 0 Å². The molecule has 0 aromatic heterocycles. The Morgan fingerprint density at radius 1 is 1.40 bits per heavy atom. The van der Waals surface area contributed by atoms with Gasteiger partial charge in [-0.3, -0.25) is 9.69 Å². The van der Waals surface area contributed by atoms with Crippen LogP contribution in [-0.4, -0.2) is 34.8 Å². The number of halogens is 1. The maximum Gasteiger partial charge on any atom is 0.325 e. The molecular weight excluding hydrogens is 282 g/mol. The van der Waals surface area contributed by atoms with Crippen molar-refractivity contribution in [2.75, 3.05) is 6.54 Å². The summed E-state index contributed by atoms with van der Waals surface area (Å²) in [6.45, 7) is 2.70. The Morgan fingerprint density at radius 2 is 2.05 bits per heavy atom. The summed E-state index contributed by atoms with van der Waals surface area (Å²) in [5.41, 5.74) is 0. The number of urea groups is 1. The van der Waals surface area contributed by atoms with Crippen molar-refractivity contribution in [1.82, 2.24) is 15.5 Å². The van der Waals surface area contributed by atoms with E-state index in [-0.39, 0.29) is 5.03 Å². The molecule has 0 spiro atoms. The third-order valence-electron chi connectivity index (χ3n) is 3.03.